The molecule has 0 radical (unpaired) electrons. The molecule has 2 aliphatic rings. The van der Waals surface area contributed by atoms with Gasteiger partial charge in [-0.15, -0.1) is 0 Å². The van der Waals surface area contributed by atoms with Gasteiger partial charge in [0.2, 0.25) is 0 Å². The van der Waals surface area contributed by atoms with E-state index in [1.54, 1.807) is 0 Å². The summed E-state index contributed by atoms with van der Waals surface area (Å²) in [7, 11) is 0. The molecule has 5 nitrogen and oxygen atoms in total. The average molecular weight is 328 g/mol. The van der Waals surface area contributed by atoms with Gasteiger partial charge >= 0.3 is 5.97 Å². The van der Waals surface area contributed by atoms with E-state index in [1.807, 2.05) is 12.1 Å². The number of hydrogen-bond donors (Lipinski definition) is 2. The van der Waals surface area contributed by atoms with Gasteiger partial charge in [-0.05, 0) is 24.1 Å². The lowest BCUT2D eigenvalue weighted by Gasteiger charge is -2.21. The van der Waals surface area contributed by atoms with E-state index in [9.17, 15) is 4.79 Å². The Bertz CT molecular complexity index is 520. The van der Waals surface area contributed by atoms with Crippen LogP contribution >= 0.6 is 15.9 Å². The topological polar surface area (TPSA) is 67.8 Å². The molecule has 0 spiro atoms. The van der Waals surface area contributed by atoms with Gasteiger partial charge in [-0.1, -0.05) is 15.9 Å². The summed E-state index contributed by atoms with van der Waals surface area (Å²) in [6.45, 7) is 1.32. The van der Waals surface area contributed by atoms with Crippen LogP contribution in [-0.2, 0) is 16.1 Å². The molecule has 19 heavy (non-hydrogen) atoms. The third-order valence-electron chi connectivity index (χ3n) is 3.59. The first kappa shape index (κ1) is 12.9. The van der Waals surface area contributed by atoms with E-state index in [4.69, 9.17) is 14.6 Å². The number of carboxylic acid groups (broad SMARTS) is 1. The quantitative estimate of drug-likeness (QED) is 0.870. The third kappa shape index (κ3) is 2.48. The van der Waals surface area contributed by atoms with Crippen LogP contribution in [0, 0.1) is 5.92 Å². The minimum Gasteiger partial charge on any atom is -0.481 e. The van der Waals surface area contributed by atoms with Crippen LogP contribution in [0.4, 0.5) is 0 Å². The molecule has 6 heteroatoms. The van der Waals surface area contributed by atoms with E-state index in [1.165, 1.54) is 0 Å². The van der Waals surface area contributed by atoms with Crippen LogP contribution < -0.4 is 10.1 Å². The van der Waals surface area contributed by atoms with E-state index in [2.05, 4.69) is 21.2 Å². The highest BCUT2D eigenvalue weighted by Crippen LogP contribution is 2.37. The van der Waals surface area contributed by atoms with Gasteiger partial charge in [-0.3, -0.25) is 4.79 Å². The molecule has 2 N–H and O–H groups in total. The summed E-state index contributed by atoms with van der Waals surface area (Å²) in [6, 6.07) is 4.01. The first-order valence-electron chi connectivity index (χ1n) is 6.14. The Morgan fingerprint density at radius 3 is 3.05 bits per heavy atom. The van der Waals surface area contributed by atoms with Crippen molar-refractivity contribution >= 4 is 21.9 Å². The standard InChI is InChI=1S/C13H14BrNO4/c14-10-1-8-5-18-6-19-12(8)3-9(10)11-2-7(4-15-11)13(16)17/h1,3,7,11,15H,2,4-6H2,(H,16,17). The Morgan fingerprint density at radius 1 is 1.47 bits per heavy atom. The maximum absolute atomic E-state index is 11.0. The Hall–Kier alpha value is -1.11. The molecule has 1 saturated heterocycles. The molecule has 102 valence electrons. The molecule has 2 aliphatic heterocycles. The Labute approximate surface area is 119 Å². The van der Waals surface area contributed by atoms with Crippen molar-refractivity contribution < 1.29 is 19.4 Å². The number of fused-ring (bicyclic) bond motifs is 1. The Balaban J connectivity index is 1.87. The number of nitrogens with one attached hydrogen (secondary N) is 1. The fraction of sp³-hybridized carbons (Fsp3) is 0.462. The second kappa shape index (κ2) is 5.11. The number of benzene rings is 1. The summed E-state index contributed by atoms with van der Waals surface area (Å²) in [5.74, 6) is -0.240. The van der Waals surface area contributed by atoms with Crippen molar-refractivity contribution in [2.24, 2.45) is 5.92 Å². The van der Waals surface area contributed by atoms with Crippen LogP contribution in [0.3, 0.4) is 0 Å². The molecular formula is C13H14BrNO4. The summed E-state index contributed by atoms with van der Waals surface area (Å²) in [4.78, 5) is 11.0. The Morgan fingerprint density at radius 2 is 2.32 bits per heavy atom. The van der Waals surface area contributed by atoms with Crippen molar-refractivity contribution in [3.8, 4) is 5.75 Å². The average Bonchev–Trinajstić information content (AvgIpc) is 2.87. The van der Waals surface area contributed by atoms with Gasteiger partial charge < -0.3 is 19.9 Å². The number of carbonyl (C=O) groups is 1. The maximum Gasteiger partial charge on any atom is 0.307 e. The zero-order valence-corrected chi connectivity index (χ0v) is 11.8. The molecule has 1 aromatic carbocycles. The molecule has 0 saturated carbocycles. The second-order valence-electron chi connectivity index (χ2n) is 4.82. The van der Waals surface area contributed by atoms with Gasteiger partial charge in [0.05, 0.1) is 12.5 Å². The smallest absolute Gasteiger partial charge is 0.307 e. The highest BCUT2D eigenvalue weighted by molar-refractivity contribution is 9.10. The fourth-order valence-electron chi connectivity index (χ4n) is 2.54. The van der Waals surface area contributed by atoms with Gasteiger partial charge in [0.1, 0.15) is 5.75 Å². The number of ether oxygens (including phenoxy) is 2. The van der Waals surface area contributed by atoms with Gasteiger partial charge in [0.15, 0.2) is 6.79 Å². The molecule has 0 amide bonds. The van der Waals surface area contributed by atoms with Crippen molar-refractivity contribution in [2.75, 3.05) is 13.3 Å². The number of halogens is 1. The summed E-state index contributed by atoms with van der Waals surface area (Å²) >= 11 is 3.54. The lowest BCUT2D eigenvalue weighted by atomic mass is 9.98. The fourth-order valence-corrected chi connectivity index (χ4v) is 3.21. The number of rotatable bonds is 2. The monoisotopic (exact) mass is 327 g/mol. The minimum atomic E-state index is -0.742. The van der Waals surface area contributed by atoms with Crippen molar-refractivity contribution in [3.05, 3.63) is 27.7 Å². The molecule has 1 aromatic rings. The highest BCUT2D eigenvalue weighted by atomic mass is 79.9. The van der Waals surface area contributed by atoms with Gasteiger partial charge in [-0.25, -0.2) is 0 Å². The van der Waals surface area contributed by atoms with Gasteiger partial charge in [-0.2, -0.15) is 0 Å². The SMILES string of the molecule is O=C(O)C1CNC(c2cc3c(cc2Br)COCO3)C1. The van der Waals surface area contributed by atoms with Crippen molar-refractivity contribution in [2.45, 2.75) is 19.1 Å². The van der Waals surface area contributed by atoms with E-state index in [-0.39, 0.29) is 18.8 Å². The van der Waals surface area contributed by atoms with E-state index < -0.39 is 5.97 Å². The molecule has 0 bridgehead atoms. The predicted molar refractivity (Wildman–Crippen MR) is 70.9 cm³/mol. The zero-order valence-electron chi connectivity index (χ0n) is 10.2. The van der Waals surface area contributed by atoms with E-state index in [0.717, 1.165) is 21.3 Å². The first-order valence-corrected chi connectivity index (χ1v) is 6.93. The van der Waals surface area contributed by atoms with Crippen LogP contribution in [0.2, 0.25) is 0 Å². The van der Waals surface area contributed by atoms with Crippen LogP contribution in [-0.4, -0.2) is 24.4 Å². The second-order valence-corrected chi connectivity index (χ2v) is 5.68. The Kier molecular flexibility index (Phi) is 3.47. The summed E-state index contributed by atoms with van der Waals surface area (Å²) in [6.07, 6.45) is 0.600. The number of hydrogen-bond acceptors (Lipinski definition) is 4. The molecule has 0 aliphatic carbocycles. The molecule has 3 rings (SSSR count). The lowest BCUT2D eigenvalue weighted by Crippen LogP contribution is -2.18. The van der Waals surface area contributed by atoms with Gasteiger partial charge in [0.25, 0.3) is 0 Å². The molecule has 0 aromatic heterocycles. The van der Waals surface area contributed by atoms with Gasteiger partial charge in [0, 0.05) is 22.6 Å². The largest absolute Gasteiger partial charge is 0.481 e. The molecule has 2 heterocycles. The van der Waals surface area contributed by atoms with E-state index in [0.29, 0.717) is 19.6 Å². The van der Waals surface area contributed by atoms with E-state index >= 15 is 0 Å². The summed E-state index contributed by atoms with van der Waals surface area (Å²) in [5.41, 5.74) is 2.05. The first-order chi connectivity index (χ1) is 9.15. The van der Waals surface area contributed by atoms with Crippen molar-refractivity contribution in [1.29, 1.82) is 0 Å². The maximum atomic E-state index is 11.0. The van der Waals surface area contributed by atoms with Crippen LogP contribution in [0.15, 0.2) is 16.6 Å². The third-order valence-corrected chi connectivity index (χ3v) is 4.28. The summed E-state index contributed by atoms with van der Waals surface area (Å²) < 4.78 is 11.7. The van der Waals surface area contributed by atoms with Crippen molar-refractivity contribution in [3.63, 3.8) is 0 Å². The molecule has 2 unspecified atom stereocenters. The molecule has 2 atom stereocenters. The van der Waals surface area contributed by atoms with Crippen LogP contribution in [0.1, 0.15) is 23.6 Å². The summed E-state index contributed by atoms with van der Waals surface area (Å²) in [5, 5.41) is 12.3. The number of carboxylic acids is 1. The van der Waals surface area contributed by atoms with Crippen LogP contribution in [0.5, 0.6) is 5.75 Å². The highest BCUT2D eigenvalue weighted by Gasteiger charge is 2.31. The lowest BCUT2D eigenvalue weighted by molar-refractivity contribution is -0.141. The minimum absolute atomic E-state index is 0.0484. The number of aliphatic carboxylic acids is 1. The zero-order chi connectivity index (χ0) is 13.4. The normalized spacial score (nSPS) is 25.7. The van der Waals surface area contributed by atoms with Crippen LogP contribution in [0.25, 0.3) is 0 Å². The van der Waals surface area contributed by atoms with Crippen molar-refractivity contribution in [1.82, 2.24) is 5.32 Å². The molecule has 1 fully saturated rings. The predicted octanol–water partition coefficient (Wildman–Crippen LogP) is 2.05. The molecular weight excluding hydrogens is 314 g/mol.